The van der Waals surface area contributed by atoms with Crippen LogP contribution in [0.25, 0.3) is 0 Å². The standard InChI is InChI=1S/C24H35ClN2O/c1-8-15-24(7)16-14-21(18-10-12-19(25)13-11-18)27(17(24)3)20(9-2)22(28)26-23(4,5)6/h8,10-13,20-21H,1,3,9,14-16H2,2,4-7H3,(H,26,28)/t20?,21?,24-/m0/s1. The lowest BCUT2D eigenvalue weighted by molar-refractivity contribution is -0.129. The second-order valence-corrected chi connectivity index (χ2v) is 9.61. The molecule has 1 fully saturated rings. The molecule has 4 heteroatoms. The highest BCUT2D eigenvalue weighted by molar-refractivity contribution is 6.30. The van der Waals surface area contributed by atoms with E-state index in [1.54, 1.807) is 0 Å². The number of carbonyl (C=O) groups excluding carboxylic acids is 1. The maximum absolute atomic E-state index is 13.2. The number of hydrogen-bond donors (Lipinski definition) is 1. The summed E-state index contributed by atoms with van der Waals surface area (Å²) >= 11 is 6.11. The largest absolute Gasteiger partial charge is 0.356 e. The van der Waals surface area contributed by atoms with Gasteiger partial charge in [0.25, 0.3) is 0 Å². The van der Waals surface area contributed by atoms with E-state index in [0.717, 1.165) is 36.4 Å². The first-order chi connectivity index (χ1) is 13.0. The Labute approximate surface area is 175 Å². The molecular weight excluding hydrogens is 368 g/mol. The highest BCUT2D eigenvalue weighted by Crippen LogP contribution is 2.49. The number of halogens is 1. The number of benzene rings is 1. The van der Waals surface area contributed by atoms with Crippen molar-refractivity contribution in [3.05, 3.63) is 59.8 Å². The van der Waals surface area contributed by atoms with Crippen molar-refractivity contribution in [3.63, 3.8) is 0 Å². The third kappa shape index (κ3) is 5.00. The number of likely N-dealkylation sites (tertiary alicyclic amines) is 1. The number of allylic oxidation sites excluding steroid dienone is 2. The van der Waals surface area contributed by atoms with Crippen LogP contribution in [-0.4, -0.2) is 22.4 Å². The van der Waals surface area contributed by atoms with Crippen LogP contribution in [0.4, 0.5) is 0 Å². The first-order valence-electron chi connectivity index (χ1n) is 10.2. The van der Waals surface area contributed by atoms with Gasteiger partial charge in [-0.3, -0.25) is 4.79 Å². The molecule has 28 heavy (non-hydrogen) atoms. The molecule has 0 aliphatic carbocycles. The molecule has 0 spiro atoms. The molecule has 1 aromatic carbocycles. The Morgan fingerprint density at radius 2 is 2.00 bits per heavy atom. The Balaban J connectivity index is 2.47. The van der Waals surface area contributed by atoms with E-state index in [-0.39, 0.29) is 28.9 Å². The molecule has 2 rings (SSSR count). The summed E-state index contributed by atoms with van der Waals surface area (Å²) in [6.45, 7) is 18.8. The van der Waals surface area contributed by atoms with E-state index in [2.05, 4.69) is 49.4 Å². The normalized spacial score (nSPS) is 24.0. The van der Waals surface area contributed by atoms with Crippen molar-refractivity contribution in [1.82, 2.24) is 10.2 Å². The summed E-state index contributed by atoms with van der Waals surface area (Å²) in [6.07, 6.45) is 5.51. The zero-order valence-corrected chi connectivity index (χ0v) is 18.8. The van der Waals surface area contributed by atoms with Gasteiger partial charge in [-0.15, -0.1) is 6.58 Å². The van der Waals surface area contributed by atoms with Crippen LogP contribution in [0.5, 0.6) is 0 Å². The quantitative estimate of drug-likeness (QED) is 0.569. The fourth-order valence-corrected chi connectivity index (χ4v) is 4.28. The summed E-state index contributed by atoms with van der Waals surface area (Å²) in [7, 11) is 0. The summed E-state index contributed by atoms with van der Waals surface area (Å²) in [6, 6.07) is 7.82. The van der Waals surface area contributed by atoms with Gasteiger partial charge in [0, 0.05) is 21.7 Å². The lowest BCUT2D eigenvalue weighted by Gasteiger charge is -2.51. The van der Waals surface area contributed by atoms with E-state index in [1.165, 1.54) is 5.56 Å². The Morgan fingerprint density at radius 1 is 1.39 bits per heavy atom. The molecule has 0 aromatic heterocycles. The van der Waals surface area contributed by atoms with Crippen LogP contribution in [0.3, 0.4) is 0 Å². The summed E-state index contributed by atoms with van der Waals surface area (Å²) < 4.78 is 0. The van der Waals surface area contributed by atoms with Gasteiger partial charge >= 0.3 is 0 Å². The van der Waals surface area contributed by atoms with Crippen LogP contribution in [-0.2, 0) is 4.79 Å². The van der Waals surface area contributed by atoms with Crippen LogP contribution in [0.2, 0.25) is 5.02 Å². The number of nitrogens with one attached hydrogen (secondary N) is 1. The summed E-state index contributed by atoms with van der Waals surface area (Å²) in [5, 5.41) is 3.89. The van der Waals surface area contributed by atoms with Gasteiger partial charge in [0.15, 0.2) is 0 Å². The molecule has 1 aliphatic rings. The first-order valence-corrected chi connectivity index (χ1v) is 10.6. The topological polar surface area (TPSA) is 32.3 Å². The molecule has 154 valence electrons. The summed E-state index contributed by atoms with van der Waals surface area (Å²) in [5.41, 5.74) is 1.84. The second-order valence-electron chi connectivity index (χ2n) is 9.18. The van der Waals surface area contributed by atoms with Crippen molar-refractivity contribution in [2.75, 3.05) is 0 Å². The summed E-state index contributed by atoms with van der Waals surface area (Å²) in [5.74, 6) is 0.0537. The predicted molar refractivity (Wildman–Crippen MR) is 119 cm³/mol. The minimum absolute atomic E-state index is 0.0537. The Morgan fingerprint density at radius 3 is 2.50 bits per heavy atom. The molecule has 0 saturated carbocycles. The van der Waals surface area contributed by atoms with E-state index < -0.39 is 0 Å². The van der Waals surface area contributed by atoms with Gasteiger partial charge in [-0.05, 0) is 64.2 Å². The minimum Gasteiger partial charge on any atom is -0.356 e. The van der Waals surface area contributed by atoms with Crippen molar-refractivity contribution < 1.29 is 4.79 Å². The first kappa shape index (κ1) is 22.5. The molecule has 1 heterocycles. The van der Waals surface area contributed by atoms with E-state index >= 15 is 0 Å². The van der Waals surface area contributed by atoms with Crippen molar-refractivity contribution in [2.24, 2.45) is 5.41 Å². The van der Waals surface area contributed by atoms with Gasteiger partial charge in [-0.1, -0.05) is 50.2 Å². The minimum atomic E-state index is -0.276. The van der Waals surface area contributed by atoms with Gasteiger partial charge < -0.3 is 10.2 Å². The van der Waals surface area contributed by atoms with E-state index in [9.17, 15) is 4.79 Å². The molecule has 0 bridgehead atoms. The molecule has 3 nitrogen and oxygen atoms in total. The third-order valence-electron chi connectivity index (χ3n) is 5.69. The number of amides is 1. The van der Waals surface area contributed by atoms with Gasteiger partial charge in [0.05, 0.1) is 6.04 Å². The Bertz CT molecular complexity index is 719. The lowest BCUT2D eigenvalue weighted by Crippen LogP contribution is -2.55. The maximum Gasteiger partial charge on any atom is 0.243 e. The Kier molecular flexibility index (Phi) is 7.03. The number of piperidine rings is 1. The number of hydrogen-bond acceptors (Lipinski definition) is 2. The average molecular weight is 403 g/mol. The van der Waals surface area contributed by atoms with E-state index in [1.807, 2.05) is 39.0 Å². The number of rotatable bonds is 6. The fraction of sp³-hybridized carbons (Fsp3) is 0.542. The second kappa shape index (κ2) is 8.73. The smallest absolute Gasteiger partial charge is 0.243 e. The fourth-order valence-electron chi connectivity index (χ4n) is 4.16. The van der Waals surface area contributed by atoms with Gasteiger partial charge in [-0.2, -0.15) is 0 Å². The number of nitrogens with zero attached hydrogens (tertiary/aromatic N) is 1. The van der Waals surface area contributed by atoms with Crippen LogP contribution >= 0.6 is 11.6 Å². The zero-order chi connectivity index (χ0) is 21.1. The highest BCUT2D eigenvalue weighted by atomic mass is 35.5. The average Bonchev–Trinajstić information content (AvgIpc) is 2.59. The van der Waals surface area contributed by atoms with Gasteiger partial charge in [-0.25, -0.2) is 0 Å². The third-order valence-corrected chi connectivity index (χ3v) is 5.94. The van der Waals surface area contributed by atoms with Crippen molar-refractivity contribution in [3.8, 4) is 0 Å². The molecule has 1 saturated heterocycles. The molecule has 1 aliphatic heterocycles. The van der Waals surface area contributed by atoms with Gasteiger partial charge in [0.2, 0.25) is 5.91 Å². The van der Waals surface area contributed by atoms with Crippen LogP contribution < -0.4 is 5.32 Å². The van der Waals surface area contributed by atoms with Crippen LogP contribution in [0.15, 0.2) is 49.2 Å². The van der Waals surface area contributed by atoms with Crippen LogP contribution in [0.1, 0.15) is 71.9 Å². The molecular formula is C24H35ClN2O. The Hall–Kier alpha value is -1.74. The van der Waals surface area contributed by atoms with Crippen molar-refractivity contribution >= 4 is 17.5 Å². The molecule has 2 unspecified atom stereocenters. The molecule has 3 atom stereocenters. The molecule has 0 radical (unpaired) electrons. The highest BCUT2D eigenvalue weighted by Gasteiger charge is 2.43. The van der Waals surface area contributed by atoms with Crippen molar-refractivity contribution in [2.45, 2.75) is 77.9 Å². The molecule has 1 aromatic rings. The SMILES string of the molecule is C=CC[C@@]1(C)CCC(c2ccc(Cl)cc2)N(C(CC)C(=O)NC(C)(C)C)C1=C. The van der Waals surface area contributed by atoms with E-state index in [0.29, 0.717) is 0 Å². The number of carbonyl (C=O) groups is 1. The lowest BCUT2D eigenvalue weighted by atomic mass is 9.72. The molecule has 1 N–H and O–H groups in total. The maximum atomic E-state index is 13.2. The predicted octanol–water partition coefficient (Wildman–Crippen LogP) is 6.27. The monoisotopic (exact) mass is 402 g/mol. The van der Waals surface area contributed by atoms with Crippen LogP contribution in [0, 0.1) is 5.41 Å². The summed E-state index contributed by atoms with van der Waals surface area (Å²) in [4.78, 5) is 15.5. The molecule has 1 amide bonds. The van der Waals surface area contributed by atoms with Gasteiger partial charge in [0.1, 0.15) is 6.04 Å². The van der Waals surface area contributed by atoms with Crippen molar-refractivity contribution in [1.29, 1.82) is 0 Å². The zero-order valence-electron chi connectivity index (χ0n) is 18.0. The van der Waals surface area contributed by atoms with E-state index in [4.69, 9.17) is 11.6 Å².